The topological polar surface area (TPSA) is 17.1 Å². The summed E-state index contributed by atoms with van der Waals surface area (Å²) in [6.07, 6.45) is -0.0370. The largest absolute Gasteiger partial charge is 0.294 e. The van der Waals surface area contributed by atoms with E-state index >= 15 is 0 Å². The SMILES string of the molecule is O=C(Cc1ccc(Br)cc1F)c1ccc(F)cc1. The lowest BCUT2D eigenvalue weighted by atomic mass is 10.0. The summed E-state index contributed by atoms with van der Waals surface area (Å²) < 4.78 is 26.9. The maximum absolute atomic E-state index is 13.5. The number of benzene rings is 2. The lowest BCUT2D eigenvalue weighted by molar-refractivity contribution is 0.0992. The molecule has 92 valence electrons. The van der Waals surface area contributed by atoms with Crippen LogP contribution < -0.4 is 0 Å². The molecular formula is C14H9BrF2O. The van der Waals surface area contributed by atoms with Crippen molar-refractivity contribution in [2.75, 3.05) is 0 Å². The average molecular weight is 311 g/mol. The van der Waals surface area contributed by atoms with Crippen molar-refractivity contribution >= 4 is 21.7 Å². The lowest BCUT2D eigenvalue weighted by Gasteiger charge is -2.03. The highest BCUT2D eigenvalue weighted by Crippen LogP contribution is 2.17. The van der Waals surface area contributed by atoms with E-state index in [2.05, 4.69) is 15.9 Å². The zero-order valence-corrected chi connectivity index (χ0v) is 10.9. The molecule has 0 amide bonds. The first-order valence-corrected chi connectivity index (χ1v) is 6.08. The van der Waals surface area contributed by atoms with Crippen LogP contribution in [-0.2, 0) is 6.42 Å². The average Bonchev–Trinajstić information content (AvgIpc) is 2.33. The number of ketones is 1. The van der Waals surface area contributed by atoms with Gasteiger partial charge in [0, 0.05) is 16.5 Å². The molecule has 0 aromatic heterocycles. The van der Waals surface area contributed by atoms with Crippen LogP contribution in [-0.4, -0.2) is 5.78 Å². The van der Waals surface area contributed by atoms with Crippen LogP contribution in [0.15, 0.2) is 46.9 Å². The highest BCUT2D eigenvalue weighted by atomic mass is 79.9. The normalized spacial score (nSPS) is 10.4. The molecule has 2 aromatic rings. The van der Waals surface area contributed by atoms with Gasteiger partial charge in [0.05, 0.1) is 0 Å². The molecule has 1 nitrogen and oxygen atoms in total. The number of hydrogen-bond acceptors (Lipinski definition) is 1. The van der Waals surface area contributed by atoms with Crippen LogP contribution in [0.4, 0.5) is 8.78 Å². The Balaban J connectivity index is 2.18. The maximum atomic E-state index is 13.5. The van der Waals surface area contributed by atoms with Gasteiger partial charge >= 0.3 is 0 Å². The minimum atomic E-state index is -0.431. The number of hydrogen-bond donors (Lipinski definition) is 0. The minimum Gasteiger partial charge on any atom is -0.294 e. The summed E-state index contributed by atoms with van der Waals surface area (Å²) in [5, 5.41) is 0. The predicted octanol–water partition coefficient (Wildman–Crippen LogP) is 4.15. The minimum absolute atomic E-state index is 0.0370. The van der Waals surface area contributed by atoms with Crippen molar-refractivity contribution in [3.05, 3.63) is 69.7 Å². The van der Waals surface area contributed by atoms with E-state index < -0.39 is 11.6 Å². The molecule has 0 spiro atoms. The summed E-state index contributed by atoms with van der Waals surface area (Å²) in [6.45, 7) is 0. The highest BCUT2D eigenvalue weighted by Gasteiger charge is 2.10. The first-order chi connectivity index (χ1) is 8.56. The standard InChI is InChI=1S/C14H9BrF2O/c15-11-4-1-10(13(17)8-11)7-14(18)9-2-5-12(16)6-3-9/h1-6,8H,7H2. The molecule has 0 unspecified atom stereocenters. The third kappa shape index (κ3) is 3.01. The Kier molecular flexibility index (Phi) is 3.87. The van der Waals surface area contributed by atoms with Crippen molar-refractivity contribution in [2.24, 2.45) is 0 Å². The van der Waals surface area contributed by atoms with Gasteiger partial charge in [0.15, 0.2) is 5.78 Å². The van der Waals surface area contributed by atoms with Gasteiger partial charge in [-0.2, -0.15) is 0 Å². The molecular weight excluding hydrogens is 302 g/mol. The Morgan fingerprint density at radius 2 is 1.72 bits per heavy atom. The molecule has 0 atom stereocenters. The number of Topliss-reactive ketones (excluding diaryl/α,β-unsaturated/α-hetero) is 1. The predicted molar refractivity (Wildman–Crippen MR) is 68.5 cm³/mol. The summed E-state index contributed by atoms with van der Waals surface area (Å²) >= 11 is 3.15. The van der Waals surface area contributed by atoms with E-state index in [4.69, 9.17) is 0 Å². The van der Waals surface area contributed by atoms with E-state index in [0.717, 1.165) is 0 Å². The van der Waals surface area contributed by atoms with Crippen molar-refractivity contribution in [1.82, 2.24) is 0 Å². The molecule has 18 heavy (non-hydrogen) atoms. The van der Waals surface area contributed by atoms with E-state index in [9.17, 15) is 13.6 Å². The number of carbonyl (C=O) groups excluding carboxylic acids is 1. The molecule has 0 aliphatic heterocycles. The second kappa shape index (κ2) is 5.40. The van der Waals surface area contributed by atoms with E-state index in [1.165, 1.54) is 30.3 Å². The first-order valence-electron chi connectivity index (χ1n) is 5.29. The first kappa shape index (κ1) is 12.9. The highest BCUT2D eigenvalue weighted by molar-refractivity contribution is 9.10. The van der Waals surface area contributed by atoms with Gasteiger partial charge in [-0.15, -0.1) is 0 Å². The summed E-state index contributed by atoms with van der Waals surface area (Å²) in [7, 11) is 0. The Hall–Kier alpha value is -1.55. The van der Waals surface area contributed by atoms with Crippen molar-refractivity contribution in [2.45, 2.75) is 6.42 Å². The van der Waals surface area contributed by atoms with Gasteiger partial charge in [-0.3, -0.25) is 4.79 Å². The van der Waals surface area contributed by atoms with Crippen LogP contribution in [0.2, 0.25) is 0 Å². The van der Waals surface area contributed by atoms with Crippen molar-refractivity contribution in [3.8, 4) is 0 Å². The molecule has 0 aliphatic rings. The van der Waals surface area contributed by atoms with Crippen LogP contribution in [0.3, 0.4) is 0 Å². The fraction of sp³-hybridized carbons (Fsp3) is 0.0714. The fourth-order valence-electron chi connectivity index (χ4n) is 1.58. The number of halogens is 3. The smallest absolute Gasteiger partial charge is 0.167 e. The molecule has 0 saturated heterocycles. The Morgan fingerprint density at radius 3 is 2.33 bits per heavy atom. The van der Waals surface area contributed by atoms with Crippen LogP contribution in [0.1, 0.15) is 15.9 Å². The second-order valence-electron chi connectivity index (χ2n) is 3.84. The molecule has 4 heteroatoms. The molecule has 2 aromatic carbocycles. The summed E-state index contributed by atoms with van der Waals surface area (Å²) in [5.74, 6) is -1.07. The Morgan fingerprint density at radius 1 is 1.06 bits per heavy atom. The second-order valence-corrected chi connectivity index (χ2v) is 4.76. The molecule has 2 rings (SSSR count). The van der Waals surface area contributed by atoms with Gasteiger partial charge in [0.2, 0.25) is 0 Å². The van der Waals surface area contributed by atoms with Gasteiger partial charge in [0.25, 0.3) is 0 Å². The summed E-state index contributed by atoms with van der Waals surface area (Å²) in [5.41, 5.74) is 0.700. The monoisotopic (exact) mass is 310 g/mol. The van der Waals surface area contributed by atoms with Gasteiger partial charge in [0.1, 0.15) is 11.6 Å². The van der Waals surface area contributed by atoms with Crippen LogP contribution >= 0.6 is 15.9 Å². The third-order valence-electron chi connectivity index (χ3n) is 2.53. The number of carbonyl (C=O) groups is 1. The zero-order chi connectivity index (χ0) is 13.1. The molecule has 0 aliphatic carbocycles. The van der Waals surface area contributed by atoms with Gasteiger partial charge < -0.3 is 0 Å². The van der Waals surface area contributed by atoms with E-state index in [1.807, 2.05) is 0 Å². The van der Waals surface area contributed by atoms with Crippen molar-refractivity contribution < 1.29 is 13.6 Å². The molecule has 0 fully saturated rings. The van der Waals surface area contributed by atoms with Crippen molar-refractivity contribution in [1.29, 1.82) is 0 Å². The molecule has 0 bridgehead atoms. The lowest BCUT2D eigenvalue weighted by Crippen LogP contribution is -2.05. The zero-order valence-electron chi connectivity index (χ0n) is 9.29. The van der Waals surface area contributed by atoms with Crippen molar-refractivity contribution in [3.63, 3.8) is 0 Å². The fourth-order valence-corrected chi connectivity index (χ4v) is 1.91. The Bertz CT molecular complexity index is 579. The summed E-state index contributed by atoms with van der Waals surface area (Å²) in [6, 6.07) is 9.77. The quantitative estimate of drug-likeness (QED) is 0.778. The molecule has 0 saturated carbocycles. The molecule has 0 N–H and O–H groups in total. The molecule has 0 radical (unpaired) electrons. The van der Waals surface area contributed by atoms with Gasteiger partial charge in [-0.1, -0.05) is 22.0 Å². The molecule has 0 heterocycles. The van der Waals surface area contributed by atoms with E-state index in [0.29, 0.717) is 15.6 Å². The van der Waals surface area contributed by atoms with Gasteiger partial charge in [-0.25, -0.2) is 8.78 Å². The maximum Gasteiger partial charge on any atom is 0.167 e. The Labute approximate surface area is 112 Å². The number of rotatable bonds is 3. The van der Waals surface area contributed by atoms with E-state index in [-0.39, 0.29) is 12.2 Å². The van der Waals surface area contributed by atoms with Crippen LogP contribution in [0, 0.1) is 11.6 Å². The third-order valence-corrected chi connectivity index (χ3v) is 3.03. The van der Waals surface area contributed by atoms with Crippen LogP contribution in [0.5, 0.6) is 0 Å². The van der Waals surface area contributed by atoms with E-state index in [1.54, 1.807) is 12.1 Å². The van der Waals surface area contributed by atoms with Gasteiger partial charge in [-0.05, 0) is 42.0 Å². The van der Waals surface area contributed by atoms with Crippen LogP contribution in [0.25, 0.3) is 0 Å². The summed E-state index contributed by atoms with van der Waals surface area (Å²) in [4.78, 5) is 11.9.